The molecular weight excluding hydrogens is 432 g/mol. The minimum absolute atomic E-state index is 0.0000761. The number of esters is 1. The van der Waals surface area contributed by atoms with Crippen molar-refractivity contribution in [2.24, 2.45) is 0 Å². The number of aromatic nitrogens is 2. The molecule has 2 aromatic heterocycles. The molecule has 0 N–H and O–H groups in total. The fourth-order valence-corrected chi connectivity index (χ4v) is 4.74. The maximum Gasteiger partial charge on any atom is 0.343 e. The molecule has 31 heavy (non-hydrogen) atoms. The second-order valence-corrected chi connectivity index (χ2v) is 9.09. The molecule has 0 unspecified atom stereocenters. The number of fused-ring (bicyclic) bond motifs is 1. The minimum Gasteiger partial charge on any atom is -0.462 e. The summed E-state index contributed by atoms with van der Waals surface area (Å²) in [5.41, 5.74) is -1.15. The van der Waals surface area contributed by atoms with Crippen LogP contribution in [0.4, 0.5) is 14.6 Å². The number of nitrogens with zero attached hydrogens (tertiary/aromatic N) is 3. The quantitative estimate of drug-likeness (QED) is 0.562. The van der Waals surface area contributed by atoms with Crippen LogP contribution in [0.5, 0.6) is 0 Å². The van der Waals surface area contributed by atoms with Gasteiger partial charge in [-0.05, 0) is 31.2 Å². The molecule has 0 atom stereocenters. The molecule has 1 fully saturated rings. The highest BCUT2D eigenvalue weighted by atomic mass is 32.2. The highest BCUT2D eigenvalue weighted by Gasteiger charge is 2.27. The summed E-state index contributed by atoms with van der Waals surface area (Å²) in [4.78, 5) is 31.1. The average Bonchev–Trinajstić information content (AvgIpc) is 3.08. The van der Waals surface area contributed by atoms with Crippen LogP contribution >= 0.6 is 0 Å². The third-order valence-corrected chi connectivity index (χ3v) is 6.36. The van der Waals surface area contributed by atoms with E-state index in [1.54, 1.807) is 6.92 Å². The second-order valence-electron chi connectivity index (χ2n) is 6.94. The largest absolute Gasteiger partial charge is 0.462 e. The summed E-state index contributed by atoms with van der Waals surface area (Å²) in [7, 11) is -3.25. The molecule has 3 aromatic rings. The smallest absolute Gasteiger partial charge is 0.343 e. The first-order valence-corrected chi connectivity index (χ1v) is 11.2. The molecule has 1 aliphatic heterocycles. The number of ether oxygens (including phenoxy) is 1. The molecule has 0 radical (unpaired) electrons. The predicted molar refractivity (Wildman–Crippen MR) is 109 cm³/mol. The molecule has 162 valence electrons. The van der Waals surface area contributed by atoms with Gasteiger partial charge in [0.25, 0.3) is 0 Å². The lowest BCUT2D eigenvalue weighted by Gasteiger charge is -2.18. The number of benzene rings is 1. The van der Waals surface area contributed by atoms with Gasteiger partial charge in [0.15, 0.2) is 15.5 Å². The van der Waals surface area contributed by atoms with Gasteiger partial charge in [-0.2, -0.15) is 0 Å². The maximum absolute atomic E-state index is 14.6. The van der Waals surface area contributed by atoms with Gasteiger partial charge in [0.2, 0.25) is 5.43 Å². The zero-order valence-corrected chi connectivity index (χ0v) is 17.2. The molecule has 4 rings (SSSR count). The van der Waals surface area contributed by atoms with E-state index < -0.39 is 32.9 Å². The van der Waals surface area contributed by atoms with Crippen molar-refractivity contribution >= 4 is 32.7 Å². The summed E-state index contributed by atoms with van der Waals surface area (Å²) in [5.74, 6) is -2.62. The van der Waals surface area contributed by atoms with Crippen LogP contribution in [0.15, 0.2) is 41.3 Å². The molecule has 11 heteroatoms. The van der Waals surface area contributed by atoms with Crippen LogP contribution in [-0.2, 0) is 14.6 Å². The Hall–Kier alpha value is -3.34. The van der Waals surface area contributed by atoms with Gasteiger partial charge in [0.05, 0.1) is 23.4 Å². The number of rotatable bonds is 4. The number of pyridine rings is 2. The highest BCUT2D eigenvalue weighted by Crippen LogP contribution is 2.24. The van der Waals surface area contributed by atoms with Gasteiger partial charge in [0.1, 0.15) is 28.9 Å². The van der Waals surface area contributed by atoms with E-state index in [-0.39, 0.29) is 52.9 Å². The fourth-order valence-electron chi connectivity index (χ4n) is 3.38. The van der Waals surface area contributed by atoms with Crippen LogP contribution in [0, 0.1) is 11.6 Å². The van der Waals surface area contributed by atoms with Crippen LogP contribution in [0.1, 0.15) is 17.3 Å². The third-order valence-electron chi connectivity index (χ3n) is 4.85. The average molecular weight is 449 g/mol. The van der Waals surface area contributed by atoms with Crippen LogP contribution in [-0.4, -0.2) is 48.7 Å². The van der Waals surface area contributed by atoms with Crippen LogP contribution in [0.2, 0.25) is 0 Å². The van der Waals surface area contributed by atoms with Gasteiger partial charge in [-0.15, -0.1) is 0 Å². The molecule has 1 aliphatic rings. The number of halogens is 2. The lowest BCUT2D eigenvalue weighted by atomic mass is 10.1. The molecular formula is C20H17F2N3O5S. The summed E-state index contributed by atoms with van der Waals surface area (Å²) in [6.45, 7) is 1.83. The van der Waals surface area contributed by atoms with E-state index in [2.05, 4.69) is 4.98 Å². The van der Waals surface area contributed by atoms with Crippen molar-refractivity contribution in [2.75, 3.05) is 29.7 Å². The monoisotopic (exact) mass is 449 g/mol. The number of anilines is 1. The lowest BCUT2D eigenvalue weighted by molar-refractivity contribution is 0.0524. The van der Waals surface area contributed by atoms with E-state index in [1.165, 1.54) is 17.0 Å². The number of carbonyl (C=O) groups is 1. The summed E-state index contributed by atoms with van der Waals surface area (Å²) >= 11 is 0. The van der Waals surface area contributed by atoms with E-state index >= 15 is 0 Å². The molecule has 1 saturated heterocycles. The number of hydrogen-bond donors (Lipinski definition) is 0. The van der Waals surface area contributed by atoms with E-state index in [4.69, 9.17) is 4.74 Å². The van der Waals surface area contributed by atoms with Crippen LogP contribution in [0.25, 0.3) is 16.7 Å². The molecule has 0 saturated carbocycles. The standard InChI is InChI=1S/C20H17F2N3O5S/c1-2-30-20(27)14-10-25(16-5-3-12(21)9-15(16)22)19-13(18(14)26)4-6-17(23-19)24-7-8-31(28,29)11-24/h3-6,9-10H,2,7-8,11H2,1H3. The van der Waals surface area contributed by atoms with Gasteiger partial charge >= 0.3 is 5.97 Å². The topological polar surface area (TPSA) is 98.6 Å². The summed E-state index contributed by atoms with van der Waals surface area (Å²) in [6.07, 6.45) is 1.09. The zero-order valence-electron chi connectivity index (χ0n) is 16.3. The third kappa shape index (κ3) is 3.88. The van der Waals surface area contributed by atoms with Crippen molar-refractivity contribution in [3.8, 4) is 5.69 Å². The zero-order chi connectivity index (χ0) is 22.3. The Balaban J connectivity index is 1.98. The van der Waals surface area contributed by atoms with Crippen molar-refractivity contribution < 1.29 is 26.7 Å². The van der Waals surface area contributed by atoms with Gasteiger partial charge in [-0.1, -0.05) is 0 Å². The Morgan fingerprint density at radius 2 is 2.00 bits per heavy atom. The first-order valence-electron chi connectivity index (χ1n) is 9.34. The number of carbonyl (C=O) groups excluding carboxylic acids is 1. The van der Waals surface area contributed by atoms with Crippen molar-refractivity contribution in [3.63, 3.8) is 0 Å². The molecule has 3 heterocycles. The first kappa shape index (κ1) is 20.9. The summed E-state index contributed by atoms with van der Waals surface area (Å²) < 4.78 is 57.7. The highest BCUT2D eigenvalue weighted by molar-refractivity contribution is 7.91. The molecule has 8 nitrogen and oxygen atoms in total. The molecule has 0 amide bonds. The second kappa shape index (κ2) is 7.73. The van der Waals surface area contributed by atoms with Gasteiger partial charge in [0, 0.05) is 18.8 Å². The fraction of sp³-hybridized carbons (Fsp3) is 0.250. The Labute approximate surface area is 175 Å². The van der Waals surface area contributed by atoms with Crippen molar-refractivity contribution in [1.82, 2.24) is 9.55 Å². The van der Waals surface area contributed by atoms with Crippen molar-refractivity contribution in [2.45, 2.75) is 6.92 Å². The van der Waals surface area contributed by atoms with Crippen molar-refractivity contribution in [3.05, 3.63) is 63.9 Å². The Bertz CT molecular complexity index is 1370. The predicted octanol–water partition coefficient (Wildman–Crippen LogP) is 2.03. The van der Waals surface area contributed by atoms with Gasteiger partial charge in [-0.3, -0.25) is 9.36 Å². The van der Waals surface area contributed by atoms with Crippen LogP contribution < -0.4 is 10.3 Å². The van der Waals surface area contributed by atoms with Crippen molar-refractivity contribution in [1.29, 1.82) is 0 Å². The molecule has 0 spiro atoms. The summed E-state index contributed by atoms with van der Waals surface area (Å²) in [6, 6.07) is 5.71. The van der Waals surface area contributed by atoms with Crippen LogP contribution in [0.3, 0.4) is 0 Å². The van der Waals surface area contributed by atoms with E-state index in [9.17, 15) is 26.8 Å². The van der Waals surface area contributed by atoms with Gasteiger partial charge in [-0.25, -0.2) is 27.0 Å². The molecule has 0 aliphatic carbocycles. The maximum atomic E-state index is 14.6. The van der Waals surface area contributed by atoms with Gasteiger partial charge < -0.3 is 9.64 Å². The first-order chi connectivity index (χ1) is 14.7. The van der Waals surface area contributed by atoms with E-state index in [1.807, 2.05) is 0 Å². The summed E-state index contributed by atoms with van der Waals surface area (Å²) in [5, 5.41) is 0.0000761. The minimum atomic E-state index is -3.25. The molecule has 1 aromatic carbocycles. The Morgan fingerprint density at radius 1 is 1.23 bits per heavy atom. The SMILES string of the molecule is CCOC(=O)c1cn(-c2ccc(F)cc2F)c2nc(N3CCS(=O)(=O)C3)ccc2c1=O. The number of sulfone groups is 1. The Morgan fingerprint density at radius 3 is 2.65 bits per heavy atom. The van der Waals surface area contributed by atoms with E-state index in [0.29, 0.717) is 6.07 Å². The lowest BCUT2D eigenvalue weighted by Crippen LogP contribution is -2.24. The number of hydrogen-bond acceptors (Lipinski definition) is 7. The normalized spacial score (nSPS) is 15.4. The Kier molecular flexibility index (Phi) is 5.21. The molecule has 0 bridgehead atoms. The van der Waals surface area contributed by atoms with E-state index in [0.717, 1.165) is 22.9 Å².